The largest absolute Gasteiger partial charge is 0.492 e. The molecule has 1 aromatic rings. The number of hydrogen-bond acceptors (Lipinski definition) is 4. The molecule has 0 unspecified atom stereocenters. The van der Waals surface area contributed by atoms with Gasteiger partial charge in [-0.05, 0) is 31.9 Å². The van der Waals surface area contributed by atoms with E-state index in [0.717, 1.165) is 17.7 Å². The molecule has 1 heterocycles. The number of hydrogen-bond donors (Lipinski definition) is 1. The molecule has 1 aromatic carbocycles. The molecule has 0 fully saturated rings. The molecule has 0 spiro atoms. The maximum Gasteiger partial charge on any atom is 0.224 e. The summed E-state index contributed by atoms with van der Waals surface area (Å²) in [5.41, 5.74) is 1.83. The van der Waals surface area contributed by atoms with Crippen LogP contribution in [0.2, 0.25) is 0 Å². The van der Waals surface area contributed by atoms with E-state index in [4.69, 9.17) is 4.74 Å². The van der Waals surface area contributed by atoms with Gasteiger partial charge >= 0.3 is 0 Å². The average Bonchev–Trinajstić information content (AvgIpc) is 2.37. The number of aryl methyl sites for hydroxylation is 1. The third kappa shape index (κ3) is 3.50. The van der Waals surface area contributed by atoms with Crippen LogP contribution in [-0.4, -0.2) is 31.9 Å². The second-order valence-corrected chi connectivity index (χ2v) is 7.81. The normalized spacial score (nSPS) is 14.8. The Morgan fingerprint density at radius 1 is 1.30 bits per heavy atom. The zero-order chi connectivity index (χ0) is 14.8. The van der Waals surface area contributed by atoms with Crippen molar-refractivity contribution in [3.8, 4) is 5.75 Å². The molecule has 0 aromatic heterocycles. The van der Waals surface area contributed by atoms with E-state index in [1.165, 1.54) is 0 Å². The Bertz CT molecular complexity index is 608. The maximum atomic E-state index is 11.7. The lowest BCUT2D eigenvalue weighted by Crippen LogP contribution is -2.22. The summed E-state index contributed by atoms with van der Waals surface area (Å²) in [4.78, 5) is 11.3. The lowest BCUT2D eigenvalue weighted by atomic mass is 10.0. The number of sulfone groups is 1. The second kappa shape index (κ2) is 5.83. The highest BCUT2D eigenvalue weighted by Crippen LogP contribution is 2.27. The first-order valence-electron chi connectivity index (χ1n) is 6.65. The van der Waals surface area contributed by atoms with E-state index in [2.05, 4.69) is 5.32 Å². The van der Waals surface area contributed by atoms with Crippen LogP contribution in [-0.2, 0) is 21.1 Å². The van der Waals surface area contributed by atoms with E-state index in [0.29, 0.717) is 12.2 Å². The summed E-state index contributed by atoms with van der Waals surface area (Å²) in [7, 11) is -3.09. The molecule has 2 rings (SSSR count). The fourth-order valence-corrected chi connectivity index (χ4v) is 2.74. The first-order valence-corrected chi connectivity index (χ1v) is 8.37. The van der Waals surface area contributed by atoms with Crippen molar-refractivity contribution in [1.29, 1.82) is 0 Å². The van der Waals surface area contributed by atoms with Crippen LogP contribution in [0, 0.1) is 0 Å². The quantitative estimate of drug-likeness (QED) is 0.899. The predicted octanol–water partition coefficient (Wildman–Crippen LogP) is 1.77. The Kier molecular flexibility index (Phi) is 4.32. The predicted molar refractivity (Wildman–Crippen MR) is 77.8 cm³/mol. The number of fused-ring (bicyclic) bond motifs is 1. The van der Waals surface area contributed by atoms with Crippen molar-refractivity contribution in [2.75, 3.05) is 17.7 Å². The molecule has 0 atom stereocenters. The number of anilines is 1. The zero-order valence-electron chi connectivity index (χ0n) is 11.7. The Hall–Kier alpha value is -1.56. The summed E-state index contributed by atoms with van der Waals surface area (Å²) in [5.74, 6) is 0.565. The van der Waals surface area contributed by atoms with Gasteiger partial charge in [0.05, 0.1) is 11.0 Å². The minimum absolute atomic E-state index is 0.00274. The topological polar surface area (TPSA) is 72.5 Å². The summed E-state index contributed by atoms with van der Waals surface area (Å²) < 4.78 is 28.8. The van der Waals surface area contributed by atoms with Gasteiger partial charge in [0.15, 0.2) is 9.84 Å². The van der Waals surface area contributed by atoms with Crippen LogP contribution in [0.3, 0.4) is 0 Å². The lowest BCUT2D eigenvalue weighted by Gasteiger charge is -2.17. The Labute approximate surface area is 119 Å². The molecular formula is C14H19NO4S. The highest BCUT2D eigenvalue weighted by atomic mass is 32.2. The van der Waals surface area contributed by atoms with E-state index in [9.17, 15) is 13.2 Å². The average molecular weight is 297 g/mol. The van der Waals surface area contributed by atoms with Gasteiger partial charge in [-0.25, -0.2) is 8.42 Å². The van der Waals surface area contributed by atoms with Gasteiger partial charge in [0.2, 0.25) is 5.91 Å². The smallest absolute Gasteiger partial charge is 0.224 e. The molecule has 0 aliphatic carbocycles. The highest BCUT2D eigenvalue weighted by Gasteiger charge is 2.17. The summed E-state index contributed by atoms with van der Waals surface area (Å²) in [5, 5.41) is 2.39. The highest BCUT2D eigenvalue weighted by molar-refractivity contribution is 7.91. The summed E-state index contributed by atoms with van der Waals surface area (Å²) in [6.07, 6.45) is 1.23. The van der Waals surface area contributed by atoms with Gasteiger partial charge < -0.3 is 10.1 Å². The van der Waals surface area contributed by atoms with Crippen molar-refractivity contribution in [2.24, 2.45) is 0 Å². The number of carbonyl (C=O) groups excluding carboxylic acids is 1. The Morgan fingerprint density at radius 3 is 2.75 bits per heavy atom. The van der Waals surface area contributed by atoms with Crippen molar-refractivity contribution < 1.29 is 17.9 Å². The van der Waals surface area contributed by atoms with E-state index < -0.39 is 15.1 Å². The van der Waals surface area contributed by atoms with E-state index in [1.807, 2.05) is 6.07 Å². The van der Waals surface area contributed by atoms with Crippen molar-refractivity contribution in [3.05, 3.63) is 23.8 Å². The molecule has 1 N–H and O–H groups in total. The summed E-state index contributed by atoms with van der Waals surface area (Å²) in [6, 6.07) is 5.45. The van der Waals surface area contributed by atoms with Crippen LogP contribution < -0.4 is 10.1 Å². The van der Waals surface area contributed by atoms with Crippen molar-refractivity contribution >= 4 is 21.4 Å². The molecule has 0 saturated heterocycles. The fourth-order valence-electron chi connectivity index (χ4n) is 1.95. The van der Waals surface area contributed by atoms with E-state index in [-0.39, 0.29) is 18.3 Å². The minimum atomic E-state index is -3.09. The van der Waals surface area contributed by atoms with Crippen molar-refractivity contribution in [1.82, 2.24) is 0 Å². The molecule has 110 valence electrons. The Balaban J connectivity index is 1.98. The van der Waals surface area contributed by atoms with Crippen LogP contribution in [0.4, 0.5) is 5.69 Å². The van der Waals surface area contributed by atoms with Crippen LogP contribution in [0.25, 0.3) is 0 Å². The van der Waals surface area contributed by atoms with Gasteiger partial charge in [-0.15, -0.1) is 0 Å². The molecule has 0 bridgehead atoms. The monoisotopic (exact) mass is 297 g/mol. The maximum absolute atomic E-state index is 11.7. The minimum Gasteiger partial charge on any atom is -0.492 e. The molecule has 6 heteroatoms. The van der Waals surface area contributed by atoms with Gasteiger partial charge in [-0.2, -0.15) is 0 Å². The second-order valence-electron chi connectivity index (χ2n) is 5.13. The van der Waals surface area contributed by atoms with E-state index >= 15 is 0 Å². The zero-order valence-corrected chi connectivity index (χ0v) is 12.5. The molecule has 1 aliphatic rings. The molecule has 1 aliphatic heterocycles. The van der Waals surface area contributed by atoms with Gasteiger partial charge in [0.1, 0.15) is 12.4 Å². The molecule has 0 saturated carbocycles. The van der Waals surface area contributed by atoms with Crippen molar-refractivity contribution in [2.45, 2.75) is 31.9 Å². The number of carbonyl (C=O) groups is 1. The first-order chi connectivity index (χ1) is 9.38. The van der Waals surface area contributed by atoms with Gasteiger partial charge in [-0.3, -0.25) is 4.79 Å². The molecule has 0 radical (unpaired) electrons. The number of rotatable bonds is 5. The standard InChI is InChI=1S/C14H19NO4S/c1-10(2)20(17,18)8-7-19-12-5-3-11-4-6-14(16)15-13(11)9-12/h3,5,9-10H,4,6-8H2,1-2H3,(H,15,16). The van der Waals surface area contributed by atoms with Crippen molar-refractivity contribution in [3.63, 3.8) is 0 Å². The Morgan fingerprint density at radius 2 is 2.05 bits per heavy atom. The summed E-state index contributed by atoms with van der Waals surface area (Å²) >= 11 is 0. The third-order valence-electron chi connectivity index (χ3n) is 3.33. The number of ether oxygens (including phenoxy) is 1. The fraction of sp³-hybridized carbons (Fsp3) is 0.500. The number of nitrogens with one attached hydrogen (secondary N) is 1. The van der Waals surface area contributed by atoms with Gasteiger partial charge in [0.25, 0.3) is 0 Å². The van der Waals surface area contributed by atoms with Crippen LogP contribution in [0.5, 0.6) is 5.75 Å². The van der Waals surface area contributed by atoms with Crippen LogP contribution >= 0.6 is 0 Å². The molecule has 5 nitrogen and oxygen atoms in total. The lowest BCUT2D eigenvalue weighted by molar-refractivity contribution is -0.116. The summed E-state index contributed by atoms with van der Waals surface area (Å²) in [6.45, 7) is 3.43. The van der Waals surface area contributed by atoms with Crippen LogP contribution in [0.1, 0.15) is 25.8 Å². The number of benzene rings is 1. The molecule has 1 amide bonds. The molecule has 20 heavy (non-hydrogen) atoms. The SMILES string of the molecule is CC(C)S(=O)(=O)CCOc1ccc2c(c1)NC(=O)CC2. The van der Waals surface area contributed by atoms with Gasteiger partial charge in [-0.1, -0.05) is 6.07 Å². The first kappa shape index (κ1) is 14.8. The van der Waals surface area contributed by atoms with Crippen LogP contribution in [0.15, 0.2) is 18.2 Å². The third-order valence-corrected chi connectivity index (χ3v) is 5.50. The number of amides is 1. The van der Waals surface area contributed by atoms with Gasteiger partial charge in [0, 0.05) is 18.2 Å². The molecular weight excluding hydrogens is 278 g/mol. The van der Waals surface area contributed by atoms with E-state index in [1.54, 1.807) is 26.0 Å².